The van der Waals surface area contributed by atoms with Crippen LogP contribution in [0.25, 0.3) is 0 Å². The first-order valence-corrected chi connectivity index (χ1v) is 4.78. The van der Waals surface area contributed by atoms with Crippen molar-refractivity contribution in [3.63, 3.8) is 0 Å². The molecule has 0 aromatic heterocycles. The molecule has 0 unspecified atom stereocenters. The predicted octanol–water partition coefficient (Wildman–Crippen LogP) is -1.58. The van der Waals surface area contributed by atoms with Gasteiger partial charge < -0.3 is 9.47 Å². The molecule has 0 saturated heterocycles. The first kappa shape index (κ1) is 8.61. The standard InChI is InChI=1S/C8H11B3O2/c9-11-10-6-1-2-7-8(5-6)13-4-3-12-7/h1-2,5,10-11H,3-4,9H2. The highest BCUT2D eigenvalue weighted by molar-refractivity contribution is 7.27. The van der Waals surface area contributed by atoms with Crippen LogP contribution in [0.1, 0.15) is 0 Å². The van der Waals surface area contributed by atoms with Crippen molar-refractivity contribution in [3.8, 4) is 11.5 Å². The second-order valence-electron chi connectivity index (χ2n) is 3.23. The van der Waals surface area contributed by atoms with E-state index in [1.807, 2.05) is 6.07 Å². The van der Waals surface area contributed by atoms with Gasteiger partial charge in [-0.15, -0.1) is 0 Å². The van der Waals surface area contributed by atoms with E-state index in [0.717, 1.165) is 18.7 Å². The van der Waals surface area contributed by atoms with Crippen molar-refractivity contribution in [1.29, 1.82) is 0 Å². The molecule has 1 aliphatic heterocycles. The Kier molecular flexibility index (Phi) is 2.53. The van der Waals surface area contributed by atoms with E-state index in [1.54, 1.807) is 0 Å². The molecule has 64 valence electrons. The zero-order valence-corrected chi connectivity index (χ0v) is 7.88. The minimum atomic E-state index is 0.667. The molecule has 0 fully saturated rings. The third-order valence-corrected chi connectivity index (χ3v) is 2.15. The Morgan fingerprint density at radius 3 is 2.69 bits per heavy atom. The van der Waals surface area contributed by atoms with E-state index in [9.17, 15) is 0 Å². The fraction of sp³-hybridized carbons (Fsp3) is 0.250. The minimum absolute atomic E-state index is 0.667. The number of rotatable bonds is 2. The lowest BCUT2D eigenvalue weighted by Crippen LogP contribution is -2.23. The quantitative estimate of drug-likeness (QED) is 0.500. The molecule has 1 aliphatic rings. The van der Waals surface area contributed by atoms with Gasteiger partial charge in [-0.05, 0) is 12.1 Å². The molecule has 2 rings (SSSR count). The van der Waals surface area contributed by atoms with Crippen molar-refractivity contribution in [3.05, 3.63) is 18.2 Å². The van der Waals surface area contributed by atoms with Crippen LogP contribution in [-0.2, 0) is 0 Å². The highest BCUT2D eigenvalue weighted by Gasteiger charge is 2.10. The van der Waals surface area contributed by atoms with Crippen LogP contribution in [0.3, 0.4) is 0 Å². The maximum absolute atomic E-state index is 5.49. The molecular formula is C8H11B3O2. The van der Waals surface area contributed by atoms with Crippen molar-refractivity contribution < 1.29 is 9.47 Å². The van der Waals surface area contributed by atoms with E-state index in [0.29, 0.717) is 13.2 Å². The van der Waals surface area contributed by atoms with E-state index in [4.69, 9.17) is 9.47 Å². The highest BCUT2D eigenvalue weighted by atomic mass is 16.6. The third kappa shape index (κ3) is 1.85. The van der Waals surface area contributed by atoms with Crippen LogP contribution in [0.2, 0.25) is 0 Å². The summed E-state index contributed by atoms with van der Waals surface area (Å²) in [5.74, 6) is 1.78. The summed E-state index contributed by atoms with van der Waals surface area (Å²) in [7, 11) is 4.45. The Balaban J connectivity index is 2.24. The Labute approximate surface area is 80.5 Å². The van der Waals surface area contributed by atoms with Gasteiger partial charge in [-0.3, -0.25) is 0 Å². The summed E-state index contributed by atoms with van der Waals surface area (Å²) in [4.78, 5) is 0. The molecule has 1 aromatic rings. The summed E-state index contributed by atoms with van der Waals surface area (Å²) in [5.41, 5.74) is 1.33. The highest BCUT2D eigenvalue weighted by Crippen LogP contribution is 2.27. The van der Waals surface area contributed by atoms with Crippen LogP contribution < -0.4 is 14.9 Å². The van der Waals surface area contributed by atoms with Crippen molar-refractivity contribution in [2.75, 3.05) is 13.2 Å². The van der Waals surface area contributed by atoms with Gasteiger partial charge in [0.2, 0.25) is 0 Å². The van der Waals surface area contributed by atoms with E-state index in [2.05, 4.69) is 19.9 Å². The van der Waals surface area contributed by atoms with Crippen molar-refractivity contribution >= 4 is 27.4 Å². The zero-order valence-electron chi connectivity index (χ0n) is 7.88. The topological polar surface area (TPSA) is 18.5 Å². The summed E-state index contributed by atoms with van der Waals surface area (Å²) in [5, 5.41) is 0. The Morgan fingerprint density at radius 1 is 1.15 bits per heavy atom. The third-order valence-electron chi connectivity index (χ3n) is 2.15. The molecule has 13 heavy (non-hydrogen) atoms. The normalized spacial score (nSPS) is 13.5. The molecule has 0 spiro atoms. The number of benzene rings is 1. The average Bonchev–Trinajstić information content (AvgIpc) is 2.18. The molecule has 0 atom stereocenters. The van der Waals surface area contributed by atoms with Gasteiger partial charge in [0.25, 0.3) is 0 Å². The summed E-state index contributed by atoms with van der Waals surface area (Å²) < 4.78 is 10.9. The second kappa shape index (κ2) is 3.82. The number of fused-ring (bicyclic) bond motifs is 1. The summed E-state index contributed by atoms with van der Waals surface area (Å²) in [6.45, 7) is 1.34. The summed E-state index contributed by atoms with van der Waals surface area (Å²) >= 11 is 0. The Hall–Kier alpha value is -0.985. The van der Waals surface area contributed by atoms with E-state index in [1.165, 1.54) is 12.5 Å². The van der Waals surface area contributed by atoms with Crippen LogP contribution >= 0.6 is 0 Å². The fourth-order valence-corrected chi connectivity index (χ4v) is 1.53. The first-order valence-electron chi connectivity index (χ1n) is 4.78. The molecule has 0 radical (unpaired) electrons. The molecule has 1 aromatic carbocycles. The molecule has 0 bridgehead atoms. The maximum atomic E-state index is 5.49. The van der Waals surface area contributed by atoms with Crippen LogP contribution in [0.5, 0.6) is 11.5 Å². The summed E-state index contributed by atoms with van der Waals surface area (Å²) in [6, 6.07) is 6.19. The minimum Gasteiger partial charge on any atom is -0.486 e. The van der Waals surface area contributed by atoms with Crippen molar-refractivity contribution in [2.24, 2.45) is 0 Å². The molecule has 1 heterocycles. The molecule has 0 aliphatic carbocycles. The van der Waals surface area contributed by atoms with Gasteiger partial charge in [-0.2, -0.15) is 0 Å². The lowest BCUT2D eigenvalue weighted by Gasteiger charge is -2.18. The van der Waals surface area contributed by atoms with E-state index < -0.39 is 0 Å². The van der Waals surface area contributed by atoms with E-state index in [-0.39, 0.29) is 0 Å². The number of hydrogen-bond donors (Lipinski definition) is 0. The van der Waals surface area contributed by atoms with Gasteiger partial charge >= 0.3 is 0 Å². The van der Waals surface area contributed by atoms with Gasteiger partial charge in [0.05, 0.1) is 14.8 Å². The smallest absolute Gasteiger partial charge is 0.161 e. The molecular weight excluding hydrogens is 161 g/mol. The molecule has 5 heteroatoms. The Morgan fingerprint density at radius 2 is 1.92 bits per heavy atom. The Bertz CT molecular complexity index is 303. The molecule has 2 nitrogen and oxygen atoms in total. The number of ether oxygens (including phenoxy) is 2. The SMILES string of the molecule is BBBc1ccc2c(c1)OCCO2. The van der Waals surface area contributed by atoms with Gasteiger partial charge in [-0.1, -0.05) is 11.5 Å². The lowest BCUT2D eigenvalue weighted by molar-refractivity contribution is 0.172. The van der Waals surface area contributed by atoms with Gasteiger partial charge in [0.15, 0.2) is 11.5 Å². The monoisotopic (exact) mass is 172 g/mol. The largest absolute Gasteiger partial charge is 0.486 e. The number of hydrogen-bond acceptors (Lipinski definition) is 2. The average molecular weight is 172 g/mol. The predicted molar refractivity (Wildman–Crippen MR) is 59.9 cm³/mol. The van der Waals surface area contributed by atoms with Crippen molar-refractivity contribution in [2.45, 2.75) is 0 Å². The van der Waals surface area contributed by atoms with E-state index >= 15 is 0 Å². The fourth-order valence-electron chi connectivity index (χ4n) is 1.53. The van der Waals surface area contributed by atoms with Gasteiger partial charge in [-0.25, -0.2) is 0 Å². The zero-order chi connectivity index (χ0) is 9.10. The maximum Gasteiger partial charge on any atom is 0.161 e. The van der Waals surface area contributed by atoms with Crippen LogP contribution in [0, 0.1) is 0 Å². The molecule has 0 amide bonds. The van der Waals surface area contributed by atoms with Gasteiger partial charge in [0, 0.05) is 0 Å². The van der Waals surface area contributed by atoms with Crippen LogP contribution in [-0.4, -0.2) is 35.2 Å². The molecule has 0 N–H and O–H groups in total. The van der Waals surface area contributed by atoms with Crippen LogP contribution in [0.15, 0.2) is 18.2 Å². The van der Waals surface area contributed by atoms with Crippen molar-refractivity contribution in [1.82, 2.24) is 0 Å². The second-order valence-corrected chi connectivity index (χ2v) is 3.23. The van der Waals surface area contributed by atoms with Gasteiger partial charge in [0.1, 0.15) is 20.4 Å². The summed E-state index contributed by atoms with van der Waals surface area (Å²) in [6.07, 6.45) is 0. The first-order chi connectivity index (χ1) is 6.40. The lowest BCUT2D eigenvalue weighted by atomic mass is 9.26. The molecule has 0 saturated carbocycles. The van der Waals surface area contributed by atoms with Crippen LogP contribution in [0.4, 0.5) is 0 Å².